The van der Waals surface area contributed by atoms with Crippen molar-refractivity contribution < 1.29 is 23.8 Å². The summed E-state index contributed by atoms with van der Waals surface area (Å²) in [5.74, 6) is -0.469. The number of benzene rings is 1. The third-order valence-electron chi connectivity index (χ3n) is 4.69. The fourth-order valence-electron chi connectivity index (χ4n) is 3.12. The summed E-state index contributed by atoms with van der Waals surface area (Å²) >= 11 is 0. The van der Waals surface area contributed by atoms with Crippen molar-refractivity contribution in [2.24, 2.45) is 5.92 Å². The number of nitrogen functional groups attached to an aromatic ring is 1. The molecule has 0 aliphatic rings. The molecule has 12 nitrogen and oxygen atoms in total. The third kappa shape index (κ3) is 7.04. The first-order valence-corrected chi connectivity index (χ1v) is 10.8. The number of nitrogens with one attached hydrogen (secondary N) is 2. The first-order valence-electron chi connectivity index (χ1n) is 10.8. The van der Waals surface area contributed by atoms with Crippen LogP contribution in [-0.4, -0.2) is 50.8 Å². The zero-order chi connectivity index (χ0) is 24.5. The zero-order valence-corrected chi connectivity index (χ0v) is 19.0. The Morgan fingerprint density at radius 3 is 2.68 bits per heavy atom. The van der Waals surface area contributed by atoms with Gasteiger partial charge in [0.25, 0.3) is 5.56 Å². The Morgan fingerprint density at radius 2 is 1.94 bits per heavy atom. The van der Waals surface area contributed by atoms with Gasteiger partial charge in [0.05, 0.1) is 12.9 Å². The van der Waals surface area contributed by atoms with E-state index >= 15 is 0 Å². The van der Waals surface area contributed by atoms with Crippen molar-refractivity contribution in [3.05, 3.63) is 52.6 Å². The second kappa shape index (κ2) is 11.8. The average molecular weight is 473 g/mol. The van der Waals surface area contributed by atoms with Gasteiger partial charge < -0.3 is 25.3 Å². The summed E-state index contributed by atoms with van der Waals surface area (Å²) in [6.07, 6.45) is 1.10. The summed E-state index contributed by atoms with van der Waals surface area (Å²) in [6.45, 7) is 4.04. The van der Waals surface area contributed by atoms with Crippen LogP contribution in [0.2, 0.25) is 0 Å². The zero-order valence-electron chi connectivity index (χ0n) is 19.0. The van der Waals surface area contributed by atoms with Crippen LogP contribution in [-0.2, 0) is 32.3 Å². The van der Waals surface area contributed by atoms with Gasteiger partial charge in [-0.1, -0.05) is 44.2 Å². The number of aromatic amines is 1. The number of alkyl carbamates (subject to hydrolysis) is 1. The number of carbonyl (C=O) groups is 2. The Bertz CT molecular complexity index is 1160. The van der Waals surface area contributed by atoms with E-state index in [4.69, 9.17) is 19.9 Å². The van der Waals surface area contributed by atoms with Crippen molar-refractivity contribution in [1.29, 1.82) is 0 Å². The molecular formula is C22H28N6O6. The summed E-state index contributed by atoms with van der Waals surface area (Å²) in [5, 5.41) is 2.57. The number of nitrogens with two attached hydrogens (primary N) is 1. The van der Waals surface area contributed by atoms with E-state index in [1.165, 1.54) is 10.9 Å². The molecule has 0 saturated carbocycles. The van der Waals surface area contributed by atoms with Crippen LogP contribution >= 0.6 is 0 Å². The van der Waals surface area contributed by atoms with E-state index in [-0.39, 0.29) is 49.6 Å². The van der Waals surface area contributed by atoms with E-state index in [1.54, 1.807) is 0 Å². The van der Waals surface area contributed by atoms with Crippen LogP contribution < -0.4 is 16.6 Å². The molecule has 2 aromatic heterocycles. The number of nitrogens with zero attached hydrogens (tertiary/aromatic N) is 3. The Balaban J connectivity index is 1.44. The molecule has 3 aromatic rings. The largest absolute Gasteiger partial charge is 0.462 e. The van der Waals surface area contributed by atoms with Gasteiger partial charge in [-0.15, -0.1) is 0 Å². The number of imidazole rings is 1. The SMILES string of the molecule is CC(C)C[C@H](NC(=O)OCc1ccccc1)C(=O)OCCOCn1cnc2c(=O)[nH]c(N)nc21. The average Bonchev–Trinajstić information content (AvgIpc) is 3.20. The van der Waals surface area contributed by atoms with Gasteiger partial charge in [0, 0.05) is 0 Å². The summed E-state index contributed by atoms with van der Waals surface area (Å²) in [6, 6.07) is 8.38. The van der Waals surface area contributed by atoms with Crippen LogP contribution in [0.25, 0.3) is 11.2 Å². The lowest BCUT2D eigenvalue weighted by Crippen LogP contribution is -2.43. The van der Waals surface area contributed by atoms with Crippen LogP contribution in [0.15, 0.2) is 41.5 Å². The first-order chi connectivity index (χ1) is 16.3. The molecule has 34 heavy (non-hydrogen) atoms. The van der Waals surface area contributed by atoms with Crippen LogP contribution in [0.3, 0.4) is 0 Å². The molecule has 0 bridgehead atoms. The predicted octanol–water partition coefficient (Wildman–Crippen LogP) is 1.56. The quantitative estimate of drug-likeness (QED) is 0.277. The monoisotopic (exact) mass is 472 g/mol. The van der Waals surface area contributed by atoms with Crippen LogP contribution in [0.4, 0.5) is 10.7 Å². The number of hydrogen-bond acceptors (Lipinski definition) is 9. The molecule has 1 amide bonds. The number of hydrogen-bond donors (Lipinski definition) is 3. The minimum atomic E-state index is -0.847. The van der Waals surface area contributed by atoms with Gasteiger partial charge in [-0.2, -0.15) is 4.98 Å². The molecule has 2 heterocycles. The normalized spacial score (nSPS) is 12.0. The maximum absolute atomic E-state index is 12.5. The van der Waals surface area contributed by atoms with Crippen molar-refractivity contribution in [1.82, 2.24) is 24.8 Å². The summed E-state index contributed by atoms with van der Waals surface area (Å²) in [7, 11) is 0. The highest BCUT2D eigenvalue weighted by atomic mass is 16.6. The topological polar surface area (TPSA) is 163 Å². The maximum atomic E-state index is 12.5. The highest BCUT2D eigenvalue weighted by molar-refractivity contribution is 5.81. The third-order valence-corrected chi connectivity index (χ3v) is 4.69. The Morgan fingerprint density at radius 1 is 1.18 bits per heavy atom. The summed E-state index contributed by atoms with van der Waals surface area (Å²) in [4.78, 5) is 46.9. The minimum Gasteiger partial charge on any atom is -0.462 e. The van der Waals surface area contributed by atoms with Crippen molar-refractivity contribution in [2.75, 3.05) is 18.9 Å². The molecule has 0 aliphatic heterocycles. The number of rotatable bonds is 11. The van der Waals surface area contributed by atoms with Crippen molar-refractivity contribution in [2.45, 2.75) is 39.6 Å². The van der Waals surface area contributed by atoms with Gasteiger partial charge in [-0.25, -0.2) is 14.6 Å². The molecule has 1 atom stereocenters. The van der Waals surface area contributed by atoms with Gasteiger partial charge in [-0.3, -0.25) is 14.3 Å². The van der Waals surface area contributed by atoms with Crippen molar-refractivity contribution >= 4 is 29.2 Å². The first kappa shape index (κ1) is 24.7. The lowest BCUT2D eigenvalue weighted by molar-refractivity contribution is -0.148. The standard InChI is InChI=1S/C22H28N6O6/c1-14(2)10-16(25-22(31)34-11-15-6-4-3-5-7-15)20(30)33-9-8-32-13-28-12-24-17-18(28)26-21(23)27-19(17)29/h3-7,12,14,16H,8-11,13H2,1-2H3,(H,25,31)(H3,23,26,27,29)/t16-/m0/s1. The van der Waals surface area contributed by atoms with Gasteiger partial charge in [-0.05, 0) is 17.9 Å². The van der Waals surface area contributed by atoms with E-state index in [0.29, 0.717) is 6.42 Å². The number of amides is 1. The van der Waals surface area contributed by atoms with Crippen molar-refractivity contribution in [3.63, 3.8) is 0 Å². The Labute approximate surface area is 195 Å². The molecule has 12 heteroatoms. The second-order valence-corrected chi connectivity index (χ2v) is 7.93. The van der Waals surface area contributed by atoms with Gasteiger partial charge in [0.2, 0.25) is 5.95 Å². The molecular weight excluding hydrogens is 444 g/mol. The second-order valence-electron chi connectivity index (χ2n) is 7.93. The minimum absolute atomic E-state index is 0.0285. The van der Waals surface area contributed by atoms with E-state index in [0.717, 1.165) is 5.56 Å². The maximum Gasteiger partial charge on any atom is 0.408 e. The van der Waals surface area contributed by atoms with Gasteiger partial charge in [0.1, 0.15) is 26.0 Å². The number of fused-ring (bicyclic) bond motifs is 1. The number of aromatic nitrogens is 4. The van der Waals surface area contributed by atoms with Gasteiger partial charge in [0.15, 0.2) is 11.2 Å². The van der Waals surface area contributed by atoms with Gasteiger partial charge >= 0.3 is 12.1 Å². The molecule has 0 spiro atoms. The molecule has 1 aromatic carbocycles. The number of anilines is 1. The van der Waals surface area contributed by atoms with E-state index in [9.17, 15) is 14.4 Å². The predicted molar refractivity (Wildman–Crippen MR) is 122 cm³/mol. The molecule has 182 valence electrons. The molecule has 0 saturated heterocycles. The van der Waals surface area contributed by atoms with E-state index in [2.05, 4.69) is 20.3 Å². The lowest BCUT2D eigenvalue weighted by atomic mass is 10.0. The van der Waals surface area contributed by atoms with Crippen LogP contribution in [0.5, 0.6) is 0 Å². The number of carbonyl (C=O) groups excluding carboxylic acids is 2. The molecule has 0 aliphatic carbocycles. The van der Waals surface area contributed by atoms with Crippen LogP contribution in [0, 0.1) is 5.92 Å². The highest BCUT2D eigenvalue weighted by Crippen LogP contribution is 2.09. The van der Waals surface area contributed by atoms with E-state index < -0.39 is 23.7 Å². The lowest BCUT2D eigenvalue weighted by Gasteiger charge is -2.19. The Hall–Kier alpha value is -3.93. The Kier molecular flexibility index (Phi) is 8.57. The fraction of sp³-hybridized carbons (Fsp3) is 0.409. The summed E-state index contributed by atoms with van der Waals surface area (Å²) < 4.78 is 17.5. The molecule has 0 unspecified atom stereocenters. The number of H-pyrrole nitrogens is 1. The smallest absolute Gasteiger partial charge is 0.408 e. The summed E-state index contributed by atoms with van der Waals surface area (Å²) in [5.41, 5.74) is 6.39. The number of esters is 1. The van der Waals surface area contributed by atoms with E-state index in [1.807, 2.05) is 44.2 Å². The van der Waals surface area contributed by atoms with Crippen molar-refractivity contribution in [3.8, 4) is 0 Å². The molecule has 0 fully saturated rings. The molecule has 0 radical (unpaired) electrons. The number of ether oxygens (including phenoxy) is 3. The van der Waals surface area contributed by atoms with Crippen LogP contribution in [0.1, 0.15) is 25.8 Å². The highest BCUT2D eigenvalue weighted by Gasteiger charge is 2.24. The fourth-order valence-corrected chi connectivity index (χ4v) is 3.12. The molecule has 4 N–H and O–H groups in total. The molecule has 3 rings (SSSR count).